The highest BCUT2D eigenvalue weighted by Gasteiger charge is 2.21. The standard InChI is InChI=1S/C21H28N2O2S3/c1-3-5-6-17-20(27-28-21(17)26)15-7-8-18(24)16(13-15)14-22-9-11-23(12-10-22)19(25)4-2/h7-8,13,24H,3-6,9-12,14H2,1-2H3. The molecule has 0 saturated carbocycles. The highest BCUT2D eigenvalue weighted by Crippen LogP contribution is 2.37. The second kappa shape index (κ2) is 9.96. The minimum atomic E-state index is 0.225. The van der Waals surface area contributed by atoms with Gasteiger partial charge in [0.15, 0.2) is 0 Å². The minimum Gasteiger partial charge on any atom is -0.508 e. The van der Waals surface area contributed by atoms with E-state index in [1.807, 2.05) is 17.9 Å². The first-order valence-electron chi connectivity index (χ1n) is 9.97. The number of carbonyl (C=O) groups excluding carboxylic acids is 1. The number of unbranched alkanes of at least 4 members (excludes halogenated alkanes) is 1. The number of carbonyl (C=O) groups is 1. The van der Waals surface area contributed by atoms with Crippen molar-refractivity contribution in [1.29, 1.82) is 0 Å². The van der Waals surface area contributed by atoms with Gasteiger partial charge < -0.3 is 10.0 Å². The first-order chi connectivity index (χ1) is 13.5. The smallest absolute Gasteiger partial charge is 0.222 e. The van der Waals surface area contributed by atoms with E-state index < -0.39 is 0 Å². The van der Waals surface area contributed by atoms with Crippen molar-refractivity contribution in [3.05, 3.63) is 33.1 Å². The van der Waals surface area contributed by atoms with Gasteiger partial charge in [0.25, 0.3) is 0 Å². The number of phenols is 1. The van der Waals surface area contributed by atoms with Crippen LogP contribution in [0.25, 0.3) is 10.4 Å². The SMILES string of the molecule is CCCCc1c(-c2ccc(O)c(CN3CCN(C(=O)CC)CC3)c2)ssc1=S. The van der Waals surface area contributed by atoms with Crippen LogP contribution in [0, 0.1) is 3.82 Å². The molecule has 0 radical (unpaired) electrons. The molecule has 2 heterocycles. The first kappa shape index (κ1) is 21.4. The Morgan fingerprint density at radius 1 is 1.18 bits per heavy atom. The van der Waals surface area contributed by atoms with Crippen molar-refractivity contribution in [2.24, 2.45) is 0 Å². The van der Waals surface area contributed by atoms with Crippen LogP contribution in [0.5, 0.6) is 5.75 Å². The summed E-state index contributed by atoms with van der Waals surface area (Å²) in [6.45, 7) is 8.02. The highest BCUT2D eigenvalue weighted by molar-refractivity contribution is 7.80. The van der Waals surface area contributed by atoms with E-state index in [4.69, 9.17) is 12.2 Å². The Labute approximate surface area is 179 Å². The van der Waals surface area contributed by atoms with Gasteiger partial charge >= 0.3 is 0 Å². The number of hydrogen-bond donors (Lipinski definition) is 1. The van der Waals surface area contributed by atoms with E-state index in [2.05, 4.69) is 17.9 Å². The van der Waals surface area contributed by atoms with Crippen molar-refractivity contribution in [2.75, 3.05) is 26.2 Å². The Hall–Kier alpha value is -1.28. The predicted octanol–water partition coefficient (Wildman–Crippen LogP) is 5.31. The fraction of sp³-hybridized carbons (Fsp3) is 0.524. The number of piperazine rings is 1. The zero-order chi connectivity index (χ0) is 20.1. The van der Waals surface area contributed by atoms with E-state index in [1.54, 1.807) is 26.7 Å². The van der Waals surface area contributed by atoms with E-state index in [1.165, 1.54) is 10.4 Å². The first-order valence-corrected chi connectivity index (χ1v) is 12.5. The summed E-state index contributed by atoms with van der Waals surface area (Å²) in [6.07, 6.45) is 3.89. The third-order valence-corrected chi connectivity index (χ3v) is 8.46. The molecule has 3 rings (SSSR count). The Balaban J connectivity index is 1.75. The van der Waals surface area contributed by atoms with Crippen LogP contribution < -0.4 is 0 Å². The monoisotopic (exact) mass is 436 g/mol. The molecule has 1 amide bonds. The highest BCUT2D eigenvalue weighted by atomic mass is 32.9. The maximum absolute atomic E-state index is 11.9. The summed E-state index contributed by atoms with van der Waals surface area (Å²) < 4.78 is 1.000. The number of amides is 1. The molecule has 4 nitrogen and oxygen atoms in total. The van der Waals surface area contributed by atoms with Crippen LogP contribution in [0.15, 0.2) is 18.2 Å². The van der Waals surface area contributed by atoms with Gasteiger partial charge in [-0.2, -0.15) is 0 Å². The Morgan fingerprint density at radius 2 is 1.93 bits per heavy atom. The fourth-order valence-electron chi connectivity index (χ4n) is 3.54. The van der Waals surface area contributed by atoms with Crippen molar-refractivity contribution in [2.45, 2.75) is 46.1 Å². The molecule has 1 fully saturated rings. The molecule has 1 aromatic heterocycles. The van der Waals surface area contributed by atoms with Gasteiger partial charge in [0.2, 0.25) is 5.91 Å². The van der Waals surface area contributed by atoms with Gasteiger partial charge in [-0.25, -0.2) is 0 Å². The number of phenolic OH excluding ortho intramolecular Hbond substituents is 1. The average Bonchev–Trinajstić information content (AvgIpc) is 3.08. The second-order valence-corrected chi connectivity index (χ2v) is 10.0. The van der Waals surface area contributed by atoms with Crippen LogP contribution in [-0.4, -0.2) is 47.0 Å². The van der Waals surface area contributed by atoms with Crippen LogP contribution in [0.3, 0.4) is 0 Å². The lowest BCUT2D eigenvalue weighted by molar-refractivity contribution is -0.132. The Kier molecular flexibility index (Phi) is 7.62. The van der Waals surface area contributed by atoms with Crippen molar-refractivity contribution in [3.63, 3.8) is 0 Å². The van der Waals surface area contributed by atoms with Gasteiger partial charge in [0, 0.05) is 44.7 Å². The number of rotatable bonds is 7. The van der Waals surface area contributed by atoms with E-state index in [9.17, 15) is 9.90 Å². The van der Waals surface area contributed by atoms with E-state index in [-0.39, 0.29) is 5.91 Å². The molecule has 152 valence electrons. The van der Waals surface area contributed by atoms with Crippen molar-refractivity contribution in [1.82, 2.24) is 9.80 Å². The Bertz CT molecular complexity index is 867. The second-order valence-electron chi connectivity index (χ2n) is 7.22. The lowest BCUT2D eigenvalue weighted by Crippen LogP contribution is -2.48. The van der Waals surface area contributed by atoms with Crippen molar-refractivity contribution >= 4 is 38.8 Å². The summed E-state index contributed by atoms with van der Waals surface area (Å²) >= 11 is 5.56. The number of hydrogen-bond acceptors (Lipinski definition) is 6. The lowest BCUT2D eigenvalue weighted by atomic mass is 10.0. The molecule has 1 saturated heterocycles. The summed E-state index contributed by atoms with van der Waals surface area (Å²) in [6, 6.07) is 5.92. The number of benzene rings is 1. The van der Waals surface area contributed by atoms with Crippen LogP contribution in [0.2, 0.25) is 0 Å². The summed E-state index contributed by atoms with van der Waals surface area (Å²) in [5, 5.41) is 10.4. The Morgan fingerprint density at radius 3 is 2.61 bits per heavy atom. The lowest BCUT2D eigenvalue weighted by Gasteiger charge is -2.34. The number of aromatic hydroxyl groups is 1. The zero-order valence-electron chi connectivity index (χ0n) is 16.6. The average molecular weight is 437 g/mol. The summed E-state index contributed by atoms with van der Waals surface area (Å²) in [5.74, 6) is 0.563. The predicted molar refractivity (Wildman–Crippen MR) is 121 cm³/mol. The molecule has 28 heavy (non-hydrogen) atoms. The molecule has 0 atom stereocenters. The molecule has 1 N–H and O–H groups in total. The topological polar surface area (TPSA) is 43.8 Å². The molecule has 0 unspecified atom stereocenters. The molecular weight excluding hydrogens is 408 g/mol. The van der Waals surface area contributed by atoms with E-state index in [0.717, 1.165) is 60.4 Å². The molecule has 2 aromatic rings. The molecule has 1 aromatic carbocycles. The molecule has 1 aliphatic rings. The van der Waals surface area contributed by atoms with Crippen molar-refractivity contribution < 1.29 is 9.90 Å². The molecule has 0 bridgehead atoms. The van der Waals surface area contributed by atoms with E-state index in [0.29, 0.717) is 18.7 Å². The maximum Gasteiger partial charge on any atom is 0.222 e. The van der Waals surface area contributed by atoms with Gasteiger partial charge in [0.05, 0.1) is 4.88 Å². The van der Waals surface area contributed by atoms with Gasteiger partial charge in [-0.1, -0.05) is 53.2 Å². The van der Waals surface area contributed by atoms with Crippen LogP contribution in [0.4, 0.5) is 0 Å². The van der Waals surface area contributed by atoms with E-state index >= 15 is 0 Å². The summed E-state index contributed by atoms with van der Waals surface area (Å²) in [5.41, 5.74) is 3.38. The third-order valence-electron chi connectivity index (χ3n) is 5.26. The quantitative estimate of drug-likeness (QED) is 0.472. The third kappa shape index (κ3) is 5.00. The minimum absolute atomic E-state index is 0.225. The molecular formula is C21H28N2O2S3. The van der Waals surface area contributed by atoms with Crippen LogP contribution in [0.1, 0.15) is 44.2 Å². The molecule has 0 spiro atoms. The van der Waals surface area contributed by atoms with Gasteiger partial charge in [0.1, 0.15) is 9.57 Å². The van der Waals surface area contributed by atoms with Gasteiger partial charge in [-0.05, 0) is 42.2 Å². The van der Waals surface area contributed by atoms with Crippen LogP contribution in [-0.2, 0) is 17.8 Å². The number of nitrogens with zero attached hydrogens (tertiary/aromatic N) is 2. The van der Waals surface area contributed by atoms with Crippen molar-refractivity contribution in [3.8, 4) is 16.2 Å². The normalized spacial score (nSPS) is 15.1. The molecule has 7 heteroatoms. The van der Waals surface area contributed by atoms with Gasteiger partial charge in [-0.15, -0.1) is 0 Å². The molecule has 1 aliphatic heterocycles. The van der Waals surface area contributed by atoms with Gasteiger partial charge in [-0.3, -0.25) is 9.69 Å². The summed E-state index contributed by atoms with van der Waals surface area (Å²) in [4.78, 5) is 17.4. The van der Waals surface area contributed by atoms with Crippen LogP contribution >= 0.6 is 32.9 Å². The summed E-state index contributed by atoms with van der Waals surface area (Å²) in [7, 11) is 3.42. The molecule has 0 aliphatic carbocycles. The largest absolute Gasteiger partial charge is 0.508 e. The fourth-order valence-corrected chi connectivity index (χ4v) is 6.54. The zero-order valence-corrected chi connectivity index (χ0v) is 19.0. The maximum atomic E-state index is 11.9.